The van der Waals surface area contributed by atoms with E-state index in [-0.39, 0.29) is 11.9 Å². The van der Waals surface area contributed by atoms with Crippen LogP contribution < -0.4 is 4.90 Å². The van der Waals surface area contributed by atoms with E-state index < -0.39 is 5.72 Å². The monoisotopic (exact) mass is 267 g/mol. The first-order chi connectivity index (χ1) is 9.58. The Kier molecular flexibility index (Phi) is 2.06. The van der Waals surface area contributed by atoms with E-state index in [4.69, 9.17) is 4.74 Å². The third-order valence-electron chi connectivity index (χ3n) is 4.16. The first kappa shape index (κ1) is 11.5. The molecule has 1 amide bonds. The number of anilines is 1. The Labute approximate surface area is 115 Å². The van der Waals surface area contributed by atoms with Crippen molar-refractivity contribution in [2.75, 3.05) is 4.90 Å². The van der Waals surface area contributed by atoms with Crippen LogP contribution in [-0.2, 0) is 9.53 Å². The van der Waals surface area contributed by atoms with Crippen molar-refractivity contribution < 1.29 is 14.3 Å². The van der Waals surface area contributed by atoms with E-state index in [0.717, 1.165) is 10.8 Å². The molecule has 2 aromatic carbocycles. The first-order valence-corrected chi connectivity index (χ1v) is 6.68. The molecule has 20 heavy (non-hydrogen) atoms. The predicted molar refractivity (Wildman–Crippen MR) is 74.5 cm³/mol. The van der Waals surface area contributed by atoms with Crippen LogP contribution in [0.2, 0.25) is 0 Å². The first-order valence-electron chi connectivity index (χ1n) is 6.68. The Morgan fingerprint density at radius 1 is 1.15 bits per heavy atom. The van der Waals surface area contributed by atoms with Crippen LogP contribution in [0.1, 0.15) is 30.1 Å². The fourth-order valence-corrected chi connectivity index (χ4v) is 3.14. The lowest BCUT2D eigenvalue weighted by Crippen LogP contribution is -2.50. The van der Waals surface area contributed by atoms with E-state index in [1.807, 2.05) is 30.3 Å². The van der Waals surface area contributed by atoms with E-state index >= 15 is 0 Å². The molecule has 0 bridgehead atoms. The lowest BCUT2D eigenvalue weighted by Gasteiger charge is -2.39. The molecule has 2 aliphatic heterocycles. The zero-order chi connectivity index (χ0) is 13.9. The molecule has 4 rings (SSSR count). The van der Waals surface area contributed by atoms with Crippen molar-refractivity contribution >= 4 is 28.3 Å². The maximum Gasteiger partial charge on any atom is 0.342 e. The van der Waals surface area contributed by atoms with Gasteiger partial charge in [-0.1, -0.05) is 24.3 Å². The van der Waals surface area contributed by atoms with Gasteiger partial charge in [-0.2, -0.15) is 0 Å². The SMILES string of the molecule is CC12CCC(=O)N1c1cc3ccccc3cc1C(=O)O2. The fraction of sp³-hybridized carbons (Fsp3) is 0.250. The van der Waals surface area contributed by atoms with Gasteiger partial charge in [0.2, 0.25) is 5.91 Å². The zero-order valence-electron chi connectivity index (χ0n) is 11.1. The van der Waals surface area contributed by atoms with Gasteiger partial charge in [-0.15, -0.1) is 0 Å². The van der Waals surface area contributed by atoms with Crippen molar-refractivity contribution in [1.29, 1.82) is 0 Å². The number of nitrogens with zero attached hydrogens (tertiary/aromatic N) is 1. The van der Waals surface area contributed by atoms with Crippen molar-refractivity contribution in [1.82, 2.24) is 0 Å². The molecule has 2 aliphatic rings. The minimum Gasteiger partial charge on any atom is -0.435 e. The van der Waals surface area contributed by atoms with Gasteiger partial charge in [0.1, 0.15) is 0 Å². The molecule has 0 radical (unpaired) electrons. The third kappa shape index (κ3) is 1.36. The molecule has 4 heteroatoms. The number of benzene rings is 2. The van der Waals surface area contributed by atoms with Gasteiger partial charge in [0.25, 0.3) is 0 Å². The molecule has 0 spiro atoms. The van der Waals surface area contributed by atoms with E-state index in [1.165, 1.54) is 0 Å². The van der Waals surface area contributed by atoms with Crippen LogP contribution in [0.4, 0.5) is 5.69 Å². The Morgan fingerprint density at radius 3 is 2.60 bits per heavy atom. The molecule has 0 N–H and O–H groups in total. The lowest BCUT2D eigenvalue weighted by atomic mass is 10.0. The number of amides is 1. The fourth-order valence-electron chi connectivity index (χ4n) is 3.14. The molecule has 2 heterocycles. The molecule has 1 saturated heterocycles. The summed E-state index contributed by atoms with van der Waals surface area (Å²) in [4.78, 5) is 26.0. The highest BCUT2D eigenvalue weighted by Crippen LogP contribution is 2.43. The van der Waals surface area contributed by atoms with E-state index in [1.54, 1.807) is 17.9 Å². The normalized spacial score (nSPS) is 24.6. The number of ether oxygens (including phenoxy) is 1. The standard InChI is InChI=1S/C16H13NO3/c1-16-7-6-14(18)17(16)13-9-11-5-3-2-4-10(11)8-12(13)15(19)20-16/h2-5,8-9H,6-7H2,1H3. The molecule has 0 aliphatic carbocycles. The largest absolute Gasteiger partial charge is 0.435 e. The molecule has 1 fully saturated rings. The molecule has 100 valence electrons. The van der Waals surface area contributed by atoms with Crippen molar-refractivity contribution in [3.63, 3.8) is 0 Å². The second-order valence-corrected chi connectivity index (χ2v) is 5.51. The third-order valence-corrected chi connectivity index (χ3v) is 4.16. The van der Waals surface area contributed by atoms with Crippen molar-refractivity contribution in [2.24, 2.45) is 0 Å². The van der Waals surface area contributed by atoms with Crippen molar-refractivity contribution in [2.45, 2.75) is 25.5 Å². The van der Waals surface area contributed by atoms with Crippen LogP contribution in [0.5, 0.6) is 0 Å². The van der Waals surface area contributed by atoms with Crippen LogP contribution in [0.25, 0.3) is 10.8 Å². The summed E-state index contributed by atoms with van der Waals surface area (Å²) in [6.45, 7) is 1.80. The highest BCUT2D eigenvalue weighted by molar-refractivity contribution is 6.10. The van der Waals surface area contributed by atoms with Gasteiger partial charge < -0.3 is 4.74 Å². The van der Waals surface area contributed by atoms with Gasteiger partial charge in [-0.05, 0) is 29.8 Å². The Hall–Kier alpha value is -2.36. The van der Waals surface area contributed by atoms with Crippen LogP contribution >= 0.6 is 0 Å². The van der Waals surface area contributed by atoms with Crippen LogP contribution in [-0.4, -0.2) is 17.6 Å². The molecule has 1 unspecified atom stereocenters. The number of rotatable bonds is 0. The maximum atomic E-state index is 12.2. The average molecular weight is 267 g/mol. The van der Waals surface area contributed by atoms with Gasteiger partial charge in [-0.3, -0.25) is 9.69 Å². The Morgan fingerprint density at radius 2 is 1.85 bits per heavy atom. The van der Waals surface area contributed by atoms with E-state index in [2.05, 4.69) is 0 Å². The Balaban J connectivity index is 2.03. The van der Waals surface area contributed by atoms with E-state index in [0.29, 0.717) is 24.1 Å². The number of fused-ring (bicyclic) bond motifs is 4. The molecule has 4 nitrogen and oxygen atoms in total. The smallest absolute Gasteiger partial charge is 0.342 e. The van der Waals surface area contributed by atoms with Crippen molar-refractivity contribution in [3.05, 3.63) is 42.0 Å². The highest BCUT2D eigenvalue weighted by atomic mass is 16.6. The minimum absolute atomic E-state index is 0.0107. The minimum atomic E-state index is -0.830. The van der Waals surface area contributed by atoms with Gasteiger partial charge in [0, 0.05) is 12.8 Å². The maximum absolute atomic E-state index is 12.2. The molecule has 1 atom stereocenters. The van der Waals surface area contributed by atoms with Crippen LogP contribution in [0.3, 0.4) is 0 Å². The number of carbonyl (C=O) groups is 2. The topological polar surface area (TPSA) is 46.6 Å². The summed E-state index contributed by atoms with van der Waals surface area (Å²) < 4.78 is 5.51. The summed E-state index contributed by atoms with van der Waals surface area (Å²) in [5, 5.41) is 1.99. The molecule has 0 saturated carbocycles. The van der Waals surface area contributed by atoms with E-state index in [9.17, 15) is 9.59 Å². The summed E-state index contributed by atoms with van der Waals surface area (Å²) in [6, 6.07) is 11.5. The van der Waals surface area contributed by atoms with Gasteiger partial charge in [-0.25, -0.2) is 4.79 Å². The quantitative estimate of drug-likeness (QED) is 0.689. The molecular formula is C16H13NO3. The lowest BCUT2D eigenvalue weighted by molar-refractivity contribution is -0.118. The predicted octanol–water partition coefficient (Wildman–Crippen LogP) is 2.85. The average Bonchev–Trinajstić information content (AvgIpc) is 2.73. The summed E-state index contributed by atoms with van der Waals surface area (Å²) in [6.07, 6.45) is 0.958. The van der Waals surface area contributed by atoms with Gasteiger partial charge >= 0.3 is 5.97 Å². The molecular weight excluding hydrogens is 254 g/mol. The van der Waals surface area contributed by atoms with Gasteiger partial charge in [0.05, 0.1) is 11.3 Å². The molecule has 0 aromatic heterocycles. The number of hydrogen-bond donors (Lipinski definition) is 0. The number of esters is 1. The van der Waals surface area contributed by atoms with Crippen LogP contribution in [0, 0.1) is 0 Å². The summed E-state index contributed by atoms with van der Waals surface area (Å²) >= 11 is 0. The van der Waals surface area contributed by atoms with Gasteiger partial charge in [0.15, 0.2) is 5.72 Å². The second kappa shape index (κ2) is 3.60. The summed E-state index contributed by atoms with van der Waals surface area (Å²) in [7, 11) is 0. The highest BCUT2D eigenvalue weighted by Gasteiger charge is 2.50. The summed E-state index contributed by atoms with van der Waals surface area (Å²) in [5.41, 5.74) is 0.310. The van der Waals surface area contributed by atoms with Crippen LogP contribution in [0.15, 0.2) is 36.4 Å². The number of carbonyl (C=O) groups excluding carboxylic acids is 2. The zero-order valence-corrected chi connectivity index (χ0v) is 11.1. The Bertz CT molecular complexity index is 767. The van der Waals surface area contributed by atoms with Crippen molar-refractivity contribution in [3.8, 4) is 0 Å². The summed E-state index contributed by atoms with van der Waals surface area (Å²) in [5.74, 6) is -0.337. The molecule has 2 aromatic rings. The second-order valence-electron chi connectivity index (χ2n) is 5.51. The number of hydrogen-bond acceptors (Lipinski definition) is 3.